The molecule has 0 bridgehead atoms. The van der Waals surface area contributed by atoms with Gasteiger partial charge < -0.3 is 19.9 Å². The number of nitrogens with zero attached hydrogens (tertiary/aromatic N) is 2. The van der Waals surface area contributed by atoms with Gasteiger partial charge >= 0.3 is 6.03 Å². The molecule has 0 unspecified atom stereocenters. The maximum atomic E-state index is 12.6. The summed E-state index contributed by atoms with van der Waals surface area (Å²) < 4.78 is 5.12. The largest absolute Gasteiger partial charge is 0.497 e. The van der Waals surface area contributed by atoms with Crippen LogP contribution in [0.15, 0.2) is 48.5 Å². The molecule has 1 saturated heterocycles. The van der Waals surface area contributed by atoms with Crippen molar-refractivity contribution in [1.29, 1.82) is 0 Å². The number of hydrogen-bond acceptors (Lipinski definition) is 3. The summed E-state index contributed by atoms with van der Waals surface area (Å²) in [5.41, 5.74) is 2.90. The Morgan fingerprint density at radius 2 is 1.52 bits per heavy atom. The second-order valence-electron chi connectivity index (χ2n) is 6.65. The highest BCUT2D eigenvalue weighted by Gasteiger charge is 2.24. The van der Waals surface area contributed by atoms with Crippen molar-refractivity contribution in [2.75, 3.05) is 33.3 Å². The minimum Gasteiger partial charge on any atom is -0.497 e. The number of nitrogens with one attached hydrogen (secondary N) is 1. The van der Waals surface area contributed by atoms with E-state index in [1.54, 1.807) is 41.2 Å². The molecule has 3 rings (SSSR count). The maximum Gasteiger partial charge on any atom is 0.317 e. The molecule has 0 spiro atoms. The lowest BCUT2D eigenvalue weighted by Crippen LogP contribution is -2.53. The first-order valence-electron chi connectivity index (χ1n) is 9.08. The number of carbonyl (C=O) groups is 2. The summed E-state index contributed by atoms with van der Waals surface area (Å²) in [6, 6.07) is 15.1. The van der Waals surface area contributed by atoms with Gasteiger partial charge in [-0.25, -0.2) is 4.79 Å². The van der Waals surface area contributed by atoms with E-state index in [0.717, 1.165) is 11.3 Å². The third-order valence-corrected chi connectivity index (χ3v) is 4.76. The van der Waals surface area contributed by atoms with Gasteiger partial charge in [0.05, 0.1) is 7.11 Å². The molecule has 3 amide bonds. The van der Waals surface area contributed by atoms with Crippen LogP contribution >= 0.6 is 0 Å². The smallest absolute Gasteiger partial charge is 0.317 e. The number of ether oxygens (including phenoxy) is 1. The van der Waals surface area contributed by atoms with Crippen LogP contribution in [-0.2, 0) is 6.54 Å². The molecule has 1 N–H and O–H groups in total. The molecule has 1 heterocycles. The van der Waals surface area contributed by atoms with Crippen LogP contribution in [0.5, 0.6) is 5.75 Å². The average molecular weight is 367 g/mol. The van der Waals surface area contributed by atoms with Crippen molar-refractivity contribution in [2.24, 2.45) is 0 Å². The number of carbonyl (C=O) groups excluding carboxylic acids is 2. The van der Waals surface area contributed by atoms with E-state index in [1.807, 2.05) is 31.2 Å². The highest BCUT2D eigenvalue weighted by Crippen LogP contribution is 2.14. The zero-order chi connectivity index (χ0) is 19.2. The second kappa shape index (κ2) is 8.58. The fourth-order valence-electron chi connectivity index (χ4n) is 3.02. The van der Waals surface area contributed by atoms with Crippen molar-refractivity contribution in [1.82, 2.24) is 15.1 Å². The number of piperazine rings is 1. The molecular weight excluding hydrogens is 342 g/mol. The van der Waals surface area contributed by atoms with E-state index in [9.17, 15) is 9.59 Å². The lowest BCUT2D eigenvalue weighted by Gasteiger charge is -2.34. The number of benzene rings is 2. The number of urea groups is 1. The van der Waals surface area contributed by atoms with Crippen molar-refractivity contribution in [3.8, 4) is 5.75 Å². The lowest BCUT2D eigenvalue weighted by molar-refractivity contribution is 0.0665. The predicted molar refractivity (Wildman–Crippen MR) is 104 cm³/mol. The van der Waals surface area contributed by atoms with Crippen LogP contribution in [0.2, 0.25) is 0 Å². The summed E-state index contributed by atoms with van der Waals surface area (Å²) in [5, 5.41) is 2.95. The van der Waals surface area contributed by atoms with Gasteiger partial charge in [0.25, 0.3) is 5.91 Å². The Kier molecular flexibility index (Phi) is 5.96. The van der Waals surface area contributed by atoms with E-state index in [4.69, 9.17) is 4.74 Å². The molecule has 2 aromatic carbocycles. The normalized spacial score (nSPS) is 14.0. The quantitative estimate of drug-likeness (QED) is 0.904. The summed E-state index contributed by atoms with van der Waals surface area (Å²) in [5.74, 6) is 0.707. The molecule has 142 valence electrons. The van der Waals surface area contributed by atoms with Gasteiger partial charge in [-0.05, 0) is 36.8 Å². The Hall–Kier alpha value is -3.02. The van der Waals surface area contributed by atoms with Gasteiger partial charge in [-0.1, -0.05) is 29.8 Å². The summed E-state index contributed by atoms with van der Waals surface area (Å²) in [6.07, 6.45) is 0. The summed E-state index contributed by atoms with van der Waals surface area (Å²) >= 11 is 0. The van der Waals surface area contributed by atoms with E-state index >= 15 is 0 Å². The molecule has 27 heavy (non-hydrogen) atoms. The highest BCUT2D eigenvalue weighted by atomic mass is 16.5. The molecule has 1 fully saturated rings. The molecule has 0 radical (unpaired) electrons. The van der Waals surface area contributed by atoms with E-state index in [2.05, 4.69) is 5.32 Å². The first-order valence-corrected chi connectivity index (χ1v) is 9.08. The average Bonchev–Trinajstić information content (AvgIpc) is 2.73. The van der Waals surface area contributed by atoms with Crippen LogP contribution in [0, 0.1) is 6.92 Å². The molecule has 6 nitrogen and oxygen atoms in total. The Bertz CT molecular complexity index is 779. The fraction of sp³-hybridized carbons (Fsp3) is 0.333. The molecular formula is C21H25N3O3. The third kappa shape index (κ3) is 4.78. The van der Waals surface area contributed by atoms with Gasteiger partial charge in [0, 0.05) is 38.3 Å². The number of rotatable bonds is 4. The van der Waals surface area contributed by atoms with Gasteiger partial charge in [0.2, 0.25) is 0 Å². The fourth-order valence-corrected chi connectivity index (χ4v) is 3.02. The molecule has 0 saturated carbocycles. The van der Waals surface area contributed by atoms with Gasteiger partial charge in [-0.3, -0.25) is 4.79 Å². The highest BCUT2D eigenvalue weighted by molar-refractivity contribution is 5.94. The van der Waals surface area contributed by atoms with Crippen LogP contribution < -0.4 is 10.1 Å². The van der Waals surface area contributed by atoms with Crippen LogP contribution in [0.4, 0.5) is 4.79 Å². The summed E-state index contributed by atoms with van der Waals surface area (Å²) in [4.78, 5) is 28.5. The van der Waals surface area contributed by atoms with Gasteiger partial charge in [0.15, 0.2) is 0 Å². The number of amides is 3. The standard InChI is InChI=1S/C21H25N3O3/c1-16-3-5-17(6-4-16)15-22-21(26)24-13-11-23(12-14-24)20(25)18-7-9-19(27-2)10-8-18/h3-10H,11-15H2,1-2H3,(H,22,26). The molecule has 0 atom stereocenters. The van der Waals surface area contributed by atoms with Gasteiger partial charge in [0.1, 0.15) is 5.75 Å². The molecule has 0 aliphatic carbocycles. The van der Waals surface area contributed by atoms with Crippen LogP contribution in [0.3, 0.4) is 0 Å². The topological polar surface area (TPSA) is 61.9 Å². The minimum atomic E-state index is -0.0906. The molecule has 1 aliphatic rings. The van der Waals surface area contributed by atoms with Crippen molar-refractivity contribution < 1.29 is 14.3 Å². The van der Waals surface area contributed by atoms with E-state index in [1.165, 1.54) is 5.56 Å². The predicted octanol–water partition coefficient (Wildman–Crippen LogP) is 2.67. The van der Waals surface area contributed by atoms with Crippen LogP contribution in [-0.4, -0.2) is 55.0 Å². The van der Waals surface area contributed by atoms with Crippen molar-refractivity contribution in [3.63, 3.8) is 0 Å². The summed E-state index contributed by atoms with van der Waals surface area (Å²) in [6.45, 7) is 4.66. The zero-order valence-corrected chi connectivity index (χ0v) is 15.8. The maximum absolute atomic E-state index is 12.6. The molecule has 6 heteroatoms. The SMILES string of the molecule is COc1ccc(C(=O)N2CCN(C(=O)NCc3ccc(C)cc3)CC2)cc1. The Morgan fingerprint density at radius 3 is 2.11 bits per heavy atom. The Labute approximate surface area is 159 Å². The minimum absolute atomic E-state index is 0.0163. The Morgan fingerprint density at radius 1 is 0.926 bits per heavy atom. The molecule has 2 aromatic rings. The van der Waals surface area contributed by atoms with E-state index < -0.39 is 0 Å². The number of hydrogen-bond donors (Lipinski definition) is 1. The Balaban J connectivity index is 1.48. The van der Waals surface area contributed by atoms with Crippen molar-refractivity contribution >= 4 is 11.9 Å². The van der Waals surface area contributed by atoms with Gasteiger partial charge in [-0.2, -0.15) is 0 Å². The first-order chi connectivity index (χ1) is 13.1. The monoisotopic (exact) mass is 367 g/mol. The van der Waals surface area contributed by atoms with Crippen molar-refractivity contribution in [2.45, 2.75) is 13.5 Å². The zero-order valence-electron chi connectivity index (χ0n) is 15.8. The van der Waals surface area contributed by atoms with Crippen LogP contribution in [0.25, 0.3) is 0 Å². The second-order valence-corrected chi connectivity index (χ2v) is 6.65. The lowest BCUT2D eigenvalue weighted by atomic mass is 10.1. The number of aryl methyl sites for hydroxylation is 1. The van der Waals surface area contributed by atoms with Gasteiger partial charge in [-0.15, -0.1) is 0 Å². The molecule has 1 aliphatic heterocycles. The molecule has 0 aromatic heterocycles. The van der Waals surface area contributed by atoms with Crippen LogP contribution in [0.1, 0.15) is 21.5 Å². The van der Waals surface area contributed by atoms with Crippen molar-refractivity contribution in [3.05, 3.63) is 65.2 Å². The number of methoxy groups -OCH3 is 1. The third-order valence-electron chi connectivity index (χ3n) is 4.76. The van der Waals surface area contributed by atoms with E-state index in [-0.39, 0.29) is 11.9 Å². The summed E-state index contributed by atoms with van der Waals surface area (Å²) in [7, 11) is 1.60. The van der Waals surface area contributed by atoms with E-state index in [0.29, 0.717) is 38.3 Å². The first kappa shape index (κ1) is 18.8.